The summed E-state index contributed by atoms with van der Waals surface area (Å²) in [7, 11) is 0. The SMILES string of the molecule is Cc1ccc([C@H]2C[C@H]2C(=O)[O-])cc1. The predicted octanol–water partition coefficient (Wildman–Crippen LogP) is 0.848. The molecule has 0 heterocycles. The largest absolute Gasteiger partial charge is 0.550 e. The molecule has 0 bridgehead atoms. The standard InChI is InChI=1S/C11H12O2/c1-7-2-4-8(5-3-7)9-6-10(9)11(12)13/h2-5,9-10H,6H2,1H3,(H,12,13)/p-1/t9-,10-/m1/s1. The normalized spacial score (nSPS) is 25.6. The second kappa shape index (κ2) is 2.87. The van der Waals surface area contributed by atoms with E-state index in [0.717, 1.165) is 12.0 Å². The molecule has 2 heteroatoms. The minimum atomic E-state index is -0.912. The van der Waals surface area contributed by atoms with Crippen molar-refractivity contribution in [3.05, 3.63) is 35.4 Å². The lowest BCUT2D eigenvalue weighted by Crippen LogP contribution is -2.24. The number of hydrogen-bond acceptors (Lipinski definition) is 2. The number of hydrogen-bond donors (Lipinski definition) is 0. The van der Waals surface area contributed by atoms with Crippen LogP contribution in [0.4, 0.5) is 0 Å². The molecule has 2 nitrogen and oxygen atoms in total. The molecule has 1 aromatic carbocycles. The molecule has 0 spiro atoms. The van der Waals surface area contributed by atoms with Gasteiger partial charge < -0.3 is 9.90 Å². The van der Waals surface area contributed by atoms with Crippen molar-refractivity contribution < 1.29 is 9.90 Å². The van der Waals surface area contributed by atoms with Crippen LogP contribution in [0, 0.1) is 12.8 Å². The summed E-state index contributed by atoms with van der Waals surface area (Å²) < 4.78 is 0. The fourth-order valence-electron chi connectivity index (χ4n) is 1.64. The van der Waals surface area contributed by atoms with Crippen LogP contribution in [0.25, 0.3) is 0 Å². The molecule has 0 saturated heterocycles. The predicted molar refractivity (Wildman–Crippen MR) is 47.0 cm³/mol. The number of carboxylic acid groups (broad SMARTS) is 1. The van der Waals surface area contributed by atoms with Crippen LogP contribution < -0.4 is 5.11 Å². The Morgan fingerprint density at radius 2 is 2.00 bits per heavy atom. The monoisotopic (exact) mass is 175 g/mol. The van der Waals surface area contributed by atoms with E-state index in [1.807, 2.05) is 31.2 Å². The van der Waals surface area contributed by atoms with Gasteiger partial charge >= 0.3 is 0 Å². The van der Waals surface area contributed by atoms with E-state index in [-0.39, 0.29) is 11.8 Å². The van der Waals surface area contributed by atoms with Crippen LogP contribution in [0.2, 0.25) is 0 Å². The van der Waals surface area contributed by atoms with E-state index in [1.54, 1.807) is 0 Å². The molecule has 0 aromatic heterocycles. The molecular weight excluding hydrogens is 164 g/mol. The first-order valence-electron chi connectivity index (χ1n) is 4.46. The Kier molecular flexibility index (Phi) is 1.83. The zero-order valence-corrected chi connectivity index (χ0v) is 7.49. The van der Waals surface area contributed by atoms with Crippen molar-refractivity contribution in [1.29, 1.82) is 0 Å². The van der Waals surface area contributed by atoms with Gasteiger partial charge in [0.25, 0.3) is 0 Å². The van der Waals surface area contributed by atoms with Crippen LogP contribution in [0.1, 0.15) is 23.5 Å². The summed E-state index contributed by atoms with van der Waals surface area (Å²) in [4.78, 5) is 10.5. The van der Waals surface area contributed by atoms with Gasteiger partial charge in [-0.05, 0) is 24.8 Å². The number of benzene rings is 1. The Morgan fingerprint density at radius 1 is 1.38 bits per heavy atom. The first-order valence-corrected chi connectivity index (χ1v) is 4.46. The van der Waals surface area contributed by atoms with E-state index in [0.29, 0.717) is 0 Å². The van der Waals surface area contributed by atoms with Gasteiger partial charge in [-0.1, -0.05) is 29.8 Å². The lowest BCUT2D eigenvalue weighted by molar-refractivity contribution is -0.308. The number of carboxylic acids is 1. The van der Waals surface area contributed by atoms with Gasteiger partial charge in [0.15, 0.2) is 0 Å². The smallest absolute Gasteiger partial charge is 0.0451 e. The summed E-state index contributed by atoms with van der Waals surface area (Å²) in [6.45, 7) is 2.02. The first kappa shape index (κ1) is 8.30. The van der Waals surface area contributed by atoms with Gasteiger partial charge in [-0.25, -0.2) is 0 Å². The molecule has 1 aliphatic rings. The second-order valence-electron chi connectivity index (χ2n) is 3.68. The average molecular weight is 175 g/mol. The van der Waals surface area contributed by atoms with Gasteiger partial charge in [-0.15, -0.1) is 0 Å². The van der Waals surface area contributed by atoms with Gasteiger partial charge in [0.2, 0.25) is 0 Å². The Labute approximate surface area is 77.2 Å². The summed E-state index contributed by atoms with van der Waals surface area (Å²) in [6.07, 6.45) is 0.741. The number of rotatable bonds is 2. The van der Waals surface area contributed by atoms with Crippen molar-refractivity contribution in [2.24, 2.45) is 5.92 Å². The molecule has 68 valence electrons. The second-order valence-corrected chi connectivity index (χ2v) is 3.68. The van der Waals surface area contributed by atoms with E-state index in [1.165, 1.54) is 5.56 Å². The minimum Gasteiger partial charge on any atom is -0.550 e. The van der Waals surface area contributed by atoms with Crippen molar-refractivity contribution in [1.82, 2.24) is 0 Å². The third kappa shape index (κ3) is 1.57. The molecule has 0 aliphatic heterocycles. The average Bonchev–Trinajstić information content (AvgIpc) is 2.85. The molecule has 1 aliphatic carbocycles. The first-order chi connectivity index (χ1) is 6.18. The molecule has 0 amide bonds. The molecule has 2 rings (SSSR count). The molecular formula is C11H11O2-. The lowest BCUT2D eigenvalue weighted by Gasteiger charge is -2.01. The highest BCUT2D eigenvalue weighted by molar-refractivity contribution is 5.73. The van der Waals surface area contributed by atoms with Gasteiger partial charge in [-0.3, -0.25) is 0 Å². The molecule has 1 fully saturated rings. The topological polar surface area (TPSA) is 40.1 Å². The van der Waals surface area contributed by atoms with Crippen molar-refractivity contribution in [2.45, 2.75) is 19.3 Å². The van der Waals surface area contributed by atoms with Crippen molar-refractivity contribution in [3.8, 4) is 0 Å². The van der Waals surface area contributed by atoms with Gasteiger partial charge in [0.1, 0.15) is 0 Å². The summed E-state index contributed by atoms with van der Waals surface area (Å²) in [5.41, 5.74) is 2.33. The number of carbonyl (C=O) groups excluding carboxylic acids is 1. The van der Waals surface area contributed by atoms with Crippen LogP contribution >= 0.6 is 0 Å². The summed E-state index contributed by atoms with van der Waals surface area (Å²) in [5.74, 6) is -0.959. The molecule has 1 saturated carbocycles. The van der Waals surface area contributed by atoms with Crippen LogP contribution in [-0.4, -0.2) is 5.97 Å². The maximum atomic E-state index is 10.5. The lowest BCUT2D eigenvalue weighted by atomic mass is 10.1. The maximum absolute atomic E-state index is 10.5. The third-order valence-electron chi connectivity index (χ3n) is 2.60. The highest BCUT2D eigenvalue weighted by Crippen LogP contribution is 2.46. The van der Waals surface area contributed by atoms with Crippen LogP contribution in [0.15, 0.2) is 24.3 Å². The summed E-state index contributed by atoms with van der Waals surface area (Å²) in [6, 6.07) is 8.03. The molecule has 2 atom stereocenters. The Hall–Kier alpha value is -1.31. The van der Waals surface area contributed by atoms with Crippen LogP contribution in [0.5, 0.6) is 0 Å². The summed E-state index contributed by atoms with van der Waals surface area (Å²) >= 11 is 0. The minimum absolute atomic E-state index is 0.200. The van der Waals surface area contributed by atoms with E-state index in [9.17, 15) is 9.90 Å². The van der Waals surface area contributed by atoms with Crippen LogP contribution in [-0.2, 0) is 4.79 Å². The molecule has 13 heavy (non-hydrogen) atoms. The Morgan fingerprint density at radius 3 is 2.46 bits per heavy atom. The fourth-order valence-corrected chi connectivity index (χ4v) is 1.64. The molecule has 1 aromatic rings. The van der Waals surface area contributed by atoms with E-state index in [2.05, 4.69) is 0 Å². The third-order valence-corrected chi connectivity index (χ3v) is 2.60. The van der Waals surface area contributed by atoms with Crippen molar-refractivity contribution >= 4 is 5.97 Å². The fraction of sp³-hybridized carbons (Fsp3) is 0.364. The zero-order valence-electron chi connectivity index (χ0n) is 7.49. The summed E-state index contributed by atoms with van der Waals surface area (Å²) in [5, 5.41) is 10.5. The van der Waals surface area contributed by atoms with Crippen LogP contribution in [0.3, 0.4) is 0 Å². The quantitative estimate of drug-likeness (QED) is 0.668. The number of aryl methyl sites for hydroxylation is 1. The molecule has 0 unspecified atom stereocenters. The Bertz CT molecular complexity index is 326. The maximum Gasteiger partial charge on any atom is 0.0451 e. The van der Waals surface area contributed by atoms with Gasteiger partial charge in [-0.2, -0.15) is 0 Å². The van der Waals surface area contributed by atoms with E-state index < -0.39 is 5.97 Å². The van der Waals surface area contributed by atoms with E-state index >= 15 is 0 Å². The molecule has 0 radical (unpaired) electrons. The van der Waals surface area contributed by atoms with Gasteiger partial charge in [0, 0.05) is 11.9 Å². The van der Waals surface area contributed by atoms with Gasteiger partial charge in [0.05, 0.1) is 0 Å². The highest BCUT2D eigenvalue weighted by atomic mass is 16.4. The zero-order chi connectivity index (χ0) is 9.42. The van der Waals surface area contributed by atoms with Crippen molar-refractivity contribution in [2.75, 3.05) is 0 Å². The van der Waals surface area contributed by atoms with Crippen molar-refractivity contribution in [3.63, 3.8) is 0 Å². The Balaban J connectivity index is 2.12. The molecule has 0 N–H and O–H groups in total. The number of carbonyl (C=O) groups is 1. The highest BCUT2D eigenvalue weighted by Gasteiger charge is 2.39. The van der Waals surface area contributed by atoms with E-state index in [4.69, 9.17) is 0 Å². The number of aliphatic carboxylic acids is 1.